The molecule has 3 nitrogen and oxygen atoms in total. The van der Waals surface area contributed by atoms with Crippen molar-refractivity contribution >= 4 is 11.8 Å². The van der Waals surface area contributed by atoms with Crippen LogP contribution in [0, 0.1) is 40.4 Å². The molecule has 164 valence electrons. The van der Waals surface area contributed by atoms with Crippen LogP contribution < -0.4 is 0 Å². The Labute approximate surface area is 173 Å². The van der Waals surface area contributed by atoms with Gasteiger partial charge in [-0.2, -0.15) is 0 Å². The lowest BCUT2D eigenvalue weighted by Gasteiger charge is -2.62. The van der Waals surface area contributed by atoms with Crippen molar-refractivity contribution in [1.29, 1.82) is 0 Å². The number of fused-ring (bicyclic) bond motifs is 5. The Hall–Kier alpha value is -1.00. The molecule has 0 unspecified atom stereocenters. The molecule has 5 heteroatoms. The minimum absolute atomic E-state index is 0.0257. The van der Waals surface area contributed by atoms with Crippen molar-refractivity contribution in [2.45, 2.75) is 90.4 Å². The summed E-state index contributed by atoms with van der Waals surface area (Å²) in [6, 6.07) is 0. The maximum Gasteiger partial charge on any atom is 0.305 e. The summed E-state index contributed by atoms with van der Waals surface area (Å²) in [4.78, 5) is 23.5. The van der Waals surface area contributed by atoms with Crippen LogP contribution in [-0.4, -0.2) is 24.8 Å². The Kier molecular flexibility index (Phi) is 5.35. The lowest BCUT2D eigenvalue weighted by molar-refractivity contribution is -0.223. The molecule has 0 aromatic heterocycles. The zero-order valence-electron chi connectivity index (χ0n) is 18.1. The van der Waals surface area contributed by atoms with Gasteiger partial charge >= 0.3 is 5.97 Å². The Morgan fingerprint density at radius 3 is 2.55 bits per heavy atom. The van der Waals surface area contributed by atoms with Gasteiger partial charge in [0.15, 0.2) is 0 Å². The highest BCUT2D eigenvalue weighted by atomic mass is 19.3. The van der Waals surface area contributed by atoms with E-state index >= 15 is 8.78 Å². The summed E-state index contributed by atoms with van der Waals surface area (Å²) < 4.78 is 35.4. The molecular formula is C24H36F2O3. The second-order valence-corrected chi connectivity index (χ2v) is 10.9. The van der Waals surface area contributed by atoms with Gasteiger partial charge in [0.25, 0.3) is 5.92 Å². The van der Waals surface area contributed by atoms with E-state index in [1.807, 2.05) is 0 Å². The van der Waals surface area contributed by atoms with Gasteiger partial charge in [0, 0.05) is 31.6 Å². The summed E-state index contributed by atoms with van der Waals surface area (Å²) in [6.45, 7) is 4.40. The van der Waals surface area contributed by atoms with Crippen molar-refractivity contribution in [3.05, 3.63) is 0 Å². The summed E-state index contributed by atoms with van der Waals surface area (Å²) in [5, 5.41) is 0. The molecule has 4 fully saturated rings. The molecule has 0 N–H and O–H groups in total. The number of alkyl halides is 2. The third-order valence-corrected chi connectivity index (χ3v) is 9.83. The largest absolute Gasteiger partial charge is 0.469 e. The van der Waals surface area contributed by atoms with Gasteiger partial charge in [0.2, 0.25) is 0 Å². The number of esters is 1. The van der Waals surface area contributed by atoms with E-state index in [4.69, 9.17) is 4.74 Å². The number of hydrogen-bond acceptors (Lipinski definition) is 3. The smallest absolute Gasteiger partial charge is 0.305 e. The summed E-state index contributed by atoms with van der Waals surface area (Å²) >= 11 is 0. The molecule has 0 spiro atoms. The molecule has 0 saturated heterocycles. The van der Waals surface area contributed by atoms with Crippen molar-refractivity contribution in [3.63, 3.8) is 0 Å². The Morgan fingerprint density at radius 2 is 1.83 bits per heavy atom. The fraction of sp³-hybridized carbons (Fsp3) is 0.917. The zero-order valence-corrected chi connectivity index (χ0v) is 18.1. The van der Waals surface area contributed by atoms with Crippen molar-refractivity contribution in [2.24, 2.45) is 40.4 Å². The molecule has 4 aliphatic rings. The maximum absolute atomic E-state index is 15.3. The predicted octanol–water partition coefficient (Wildman–Crippen LogP) is 5.80. The maximum atomic E-state index is 15.3. The van der Waals surface area contributed by atoms with E-state index in [2.05, 4.69) is 13.8 Å². The van der Waals surface area contributed by atoms with E-state index in [0.29, 0.717) is 37.0 Å². The molecule has 0 radical (unpaired) electrons. The summed E-state index contributed by atoms with van der Waals surface area (Å²) in [5.74, 6) is -2.36. The van der Waals surface area contributed by atoms with Crippen molar-refractivity contribution in [2.75, 3.05) is 7.11 Å². The fourth-order valence-corrected chi connectivity index (χ4v) is 8.25. The number of carbonyl (C=O) groups excluding carboxylic acids is 2. The molecule has 0 heterocycles. The van der Waals surface area contributed by atoms with E-state index in [9.17, 15) is 9.59 Å². The lowest BCUT2D eigenvalue weighted by atomic mass is 9.44. The van der Waals surface area contributed by atoms with E-state index in [0.717, 1.165) is 38.5 Å². The summed E-state index contributed by atoms with van der Waals surface area (Å²) in [7, 11) is 1.42. The predicted molar refractivity (Wildman–Crippen MR) is 106 cm³/mol. The van der Waals surface area contributed by atoms with Gasteiger partial charge in [-0.1, -0.05) is 13.8 Å². The van der Waals surface area contributed by atoms with Crippen molar-refractivity contribution < 1.29 is 23.1 Å². The summed E-state index contributed by atoms with van der Waals surface area (Å²) in [5.41, 5.74) is -0.286. The quantitative estimate of drug-likeness (QED) is 0.550. The molecule has 0 aliphatic heterocycles. The molecule has 7 atom stereocenters. The number of ketones is 1. The average molecular weight is 411 g/mol. The molecule has 29 heavy (non-hydrogen) atoms. The molecule has 0 amide bonds. The highest BCUT2D eigenvalue weighted by Crippen LogP contribution is 2.70. The van der Waals surface area contributed by atoms with Gasteiger partial charge in [-0.05, 0) is 79.4 Å². The minimum Gasteiger partial charge on any atom is -0.469 e. The van der Waals surface area contributed by atoms with E-state index < -0.39 is 17.3 Å². The second-order valence-electron chi connectivity index (χ2n) is 10.9. The highest BCUT2D eigenvalue weighted by Gasteiger charge is 2.66. The average Bonchev–Trinajstić information content (AvgIpc) is 3.00. The number of Topliss-reactive ketones (excluding diaryl/α,β-unsaturated/α-hetero) is 1. The number of ether oxygens (including phenoxy) is 1. The molecule has 0 aromatic carbocycles. The standard InChI is InChI=1S/C24H36F2O3/c1-22-12-10-19-17(18(22)8-7-15(22)5-4-6-21(28)29-3)14-24(25,26)20-13-16(27)9-11-23(19,20)2/h15,17-20H,4-14H2,1-3H3/t15-,17-,18-,19-,20-,22+,23+/m0/s1. The van der Waals surface area contributed by atoms with E-state index in [1.165, 1.54) is 7.11 Å². The van der Waals surface area contributed by atoms with Crippen LogP contribution >= 0.6 is 0 Å². The third kappa shape index (κ3) is 3.35. The van der Waals surface area contributed by atoms with Gasteiger partial charge in [0.05, 0.1) is 7.11 Å². The van der Waals surface area contributed by atoms with Crippen LogP contribution in [0.3, 0.4) is 0 Å². The van der Waals surface area contributed by atoms with Gasteiger partial charge in [0.1, 0.15) is 5.78 Å². The number of carbonyl (C=O) groups is 2. The summed E-state index contributed by atoms with van der Waals surface area (Å²) in [6.07, 6.45) is 7.68. The minimum atomic E-state index is -2.73. The highest BCUT2D eigenvalue weighted by molar-refractivity contribution is 5.80. The van der Waals surface area contributed by atoms with Gasteiger partial charge in [-0.3, -0.25) is 9.59 Å². The van der Waals surface area contributed by atoms with E-state index in [1.54, 1.807) is 0 Å². The molecule has 4 saturated carbocycles. The first-order valence-electron chi connectivity index (χ1n) is 11.6. The molecule has 0 bridgehead atoms. The van der Waals surface area contributed by atoms with Crippen LogP contribution in [0.5, 0.6) is 0 Å². The van der Waals surface area contributed by atoms with Crippen LogP contribution in [0.1, 0.15) is 84.5 Å². The first-order chi connectivity index (χ1) is 13.6. The number of rotatable bonds is 4. The van der Waals surface area contributed by atoms with Gasteiger partial charge < -0.3 is 4.74 Å². The van der Waals surface area contributed by atoms with Crippen LogP contribution in [0.25, 0.3) is 0 Å². The van der Waals surface area contributed by atoms with Gasteiger partial charge in [-0.15, -0.1) is 0 Å². The monoisotopic (exact) mass is 410 g/mol. The van der Waals surface area contributed by atoms with Crippen LogP contribution in [0.4, 0.5) is 8.78 Å². The normalized spacial score (nSPS) is 45.8. The Balaban J connectivity index is 1.53. The van der Waals surface area contributed by atoms with Crippen LogP contribution in [0.2, 0.25) is 0 Å². The molecule has 4 rings (SSSR count). The topological polar surface area (TPSA) is 43.4 Å². The fourth-order valence-electron chi connectivity index (χ4n) is 8.25. The third-order valence-electron chi connectivity index (χ3n) is 9.83. The van der Waals surface area contributed by atoms with Crippen LogP contribution in [0.15, 0.2) is 0 Å². The number of hydrogen-bond donors (Lipinski definition) is 0. The Morgan fingerprint density at radius 1 is 1.10 bits per heavy atom. The van der Waals surface area contributed by atoms with E-state index in [-0.39, 0.29) is 35.9 Å². The number of halogens is 2. The molecule has 4 aliphatic carbocycles. The first kappa shape index (κ1) is 21.2. The van der Waals surface area contributed by atoms with Crippen LogP contribution in [-0.2, 0) is 14.3 Å². The zero-order chi connectivity index (χ0) is 21.0. The second kappa shape index (κ2) is 7.30. The SMILES string of the molecule is COC(=O)CCC[C@H]1CC[C@H]2[C@@H]3CC(F)(F)[C@H]4CC(=O)CC[C@]4(C)[C@H]3CC[C@]12C. The Bertz CT molecular complexity index is 677. The van der Waals surface area contributed by atoms with Crippen molar-refractivity contribution in [3.8, 4) is 0 Å². The first-order valence-corrected chi connectivity index (χ1v) is 11.6. The lowest BCUT2D eigenvalue weighted by Crippen LogP contribution is -2.60. The molecular weight excluding hydrogens is 374 g/mol. The van der Waals surface area contributed by atoms with Gasteiger partial charge in [-0.25, -0.2) is 8.78 Å². The number of methoxy groups -OCH3 is 1. The van der Waals surface area contributed by atoms with Crippen molar-refractivity contribution in [1.82, 2.24) is 0 Å². The molecule has 0 aromatic rings.